The molecule has 0 spiro atoms. The predicted octanol–water partition coefficient (Wildman–Crippen LogP) is 0.903. The summed E-state index contributed by atoms with van der Waals surface area (Å²) in [5.74, 6) is 0. The quantitative estimate of drug-likeness (QED) is 0.527. The fraction of sp³-hybridized carbons (Fsp3) is 1.00. The van der Waals surface area contributed by atoms with Crippen molar-refractivity contribution < 1.29 is 9.50 Å². The summed E-state index contributed by atoms with van der Waals surface area (Å²) in [4.78, 5) is 0. The van der Waals surface area contributed by atoms with Gasteiger partial charge in [-0.1, -0.05) is 11.6 Å². The first kappa shape index (κ1) is 6.18. The van der Waals surface area contributed by atoms with Crippen LogP contribution in [0.1, 0.15) is 6.42 Å². The lowest BCUT2D eigenvalue weighted by molar-refractivity contribution is 0.230. The molecule has 0 unspecified atom stereocenters. The zero-order valence-electron chi connectivity index (χ0n) is 3.19. The first-order chi connectivity index (χ1) is 2.77. The molecule has 1 atom stereocenters. The molecule has 0 rings (SSSR count). The summed E-state index contributed by atoms with van der Waals surface area (Å²) in [7, 11) is 0. The summed E-state index contributed by atoms with van der Waals surface area (Å²) in [5, 5.41) is 8.08. The van der Waals surface area contributed by atoms with Gasteiger partial charge in [0.2, 0.25) is 0 Å². The largest absolute Gasteiger partial charge is 0.378 e. The lowest BCUT2D eigenvalue weighted by atomic mass is 10.5. The number of rotatable bonds is 2. The molecule has 0 radical (unpaired) electrons. The summed E-state index contributed by atoms with van der Waals surface area (Å²) < 4.78 is 11.0. The van der Waals surface area contributed by atoms with Crippen LogP contribution in [0.15, 0.2) is 0 Å². The fourth-order valence-electron chi connectivity index (χ4n) is 0.0900. The summed E-state index contributed by atoms with van der Waals surface area (Å²) in [6, 6.07) is 0. The van der Waals surface area contributed by atoms with Crippen molar-refractivity contribution in [1.82, 2.24) is 0 Å². The zero-order chi connectivity index (χ0) is 4.99. The van der Waals surface area contributed by atoms with Gasteiger partial charge in [-0.3, -0.25) is 4.39 Å². The van der Waals surface area contributed by atoms with Gasteiger partial charge in [-0.15, -0.1) is 0 Å². The molecule has 0 fully saturated rings. The summed E-state index contributed by atoms with van der Waals surface area (Å²) in [5.41, 5.74) is -1.00. The van der Waals surface area contributed by atoms with E-state index in [-0.39, 0.29) is 6.42 Å². The van der Waals surface area contributed by atoms with Gasteiger partial charge >= 0.3 is 0 Å². The van der Waals surface area contributed by atoms with E-state index in [9.17, 15) is 4.39 Å². The number of hydrogen-bond donors (Lipinski definition) is 1. The van der Waals surface area contributed by atoms with Gasteiger partial charge in [0.1, 0.15) is 5.56 Å². The third kappa shape index (κ3) is 4.18. The Morgan fingerprint density at radius 2 is 2.33 bits per heavy atom. The molecule has 0 heterocycles. The van der Waals surface area contributed by atoms with Crippen LogP contribution in [0.25, 0.3) is 0 Å². The van der Waals surface area contributed by atoms with Crippen LogP contribution in [0.5, 0.6) is 0 Å². The topological polar surface area (TPSA) is 20.2 Å². The maximum atomic E-state index is 11.0. The number of hydrogen-bond acceptors (Lipinski definition) is 1. The molecular formula is C3H6ClFO. The van der Waals surface area contributed by atoms with Crippen LogP contribution < -0.4 is 0 Å². The third-order valence-corrected chi connectivity index (χ3v) is 0.566. The number of halogens is 2. The fourth-order valence-corrected chi connectivity index (χ4v) is 0.173. The lowest BCUT2D eigenvalue weighted by Gasteiger charge is -1.90. The van der Waals surface area contributed by atoms with Crippen molar-refractivity contribution in [2.24, 2.45) is 0 Å². The summed E-state index contributed by atoms with van der Waals surface area (Å²) >= 11 is 4.89. The Bertz CT molecular complexity index is 32.0. The highest BCUT2D eigenvalue weighted by atomic mass is 35.5. The molecule has 6 heavy (non-hydrogen) atoms. The molecule has 0 aromatic rings. The van der Waals surface area contributed by atoms with E-state index >= 15 is 0 Å². The highest BCUT2D eigenvalue weighted by molar-refractivity contribution is 6.19. The first-order valence-corrected chi connectivity index (χ1v) is 2.09. The van der Waals surface area contributed by atoms with E-state index in [1.807, 2.05) is 0 Å². The van der Waals surface area contributed by atoms with Crippen molar-refractivity contribution in [3.05, 3.63) is 0 Å². The summed E-state index contributed by atoms with van der Waals surface area (Å²) in [6.07, 6.45) is 0.0293. The maximum absolute atomic E-state index is 11.0. The molecule has 1 N–H and O–H groups in total. The second kappa shape index (κ2) is 3.37. The van der Waals surface area contributed by atoms with E-state index < -0.39 is 12.2 Å². The Balaban J connectivity index is 2.63. The van der Waals surface area contributed by atoms with Crippen LogP contribution in [0.4, 0.5) is 4.39 Å². The van der Waals surface area contributed by atoms with Crippen molar-refractivity contribution in [3.63, 3.8) is 0 Å². The standard InChI is InChI=1S/C3H6ClFO/c4-3(6)1-2-5/h3,6H,1-2H2/t3-/m1/s1. The molecule has 38 valence electrons. The molecule has 3 heteroatoms. The Labute approximate surface area is 40.7 Å². The minimum absolute atomic E-state index is 0.0293. The number of aliphatic hydroxyl groups excluding tert-OH is 1. The first-order valence-electron chi connectivity index (χ1n) is 1.65. The predicted molar refractivity (Wildman–Crippen MR) is 22.5 cm³/mol. The van der Waals surface area contributed by atoms with Crippen molar-refractivity contribution in [2.45, 2.75) is 12.0 Å². The van der Waals surface area contributed by atoms with E-state index in [2.05, 4.69) is 0 Å². The molecule has 0 saturated carbocycles. The van der Waals surface area contributed by atoms with E-state index in [0.29, 0.717) is 0 Å². The number of alkyl halides is 2. The lowest BCUT2D eigenvalue weighted by Crippen LogP contribution is -1.94. The smallest absolute Gasteiger partial charge is 0.130 e. The highest BCUT2D eigenvalue weighted by Gasteiger charge is 1.92. The monoisotopic (exact) mass is 112 g/mol. The van der Waals surface area contributed by atoms with Crippen molar-refractivity contribution in [2.75, 3.05) is 6.67 Å². The van der Waals surface area contributed by atoms with Gasteiger partial charge in [-0.25, -0.2) is 0 Å². The third-order valence-electron chi connectivity index (χ3n) is 0.347. The molecule has 1 nitrogen and oxygen atoms in total. The Morgan fingerprint density at radius 1 is 1.83 bits per heavy atom. The number of aliphatic hydroxyl groups is 1. The SMILES string of the molecule is O[C@@H](Cl)CCF. The van der Waals surface area contributed by atoms with Gasteiger partial charge in [0, 0.05) is 6.42 Å². The average molecular weight is 113 g/mol. The van der Waals surface area contributed by atoms with Gasteiger partial charge in [-0.05, 0) is 0 Å². The highest BCUT2D eigenvalue weighted by Crippen LogP contribution is 1.94. The zero-order valence-corrected chi connectivity index (χ0v) is 3.95. The average Bonchev–Trinajstić information content (AvgIpc) is 1.35. The molecule has 0 bridgehead atoms. The Hall–Kier alpha value is 0.180. The normalized spacial score (nSPS) is 14.5. The van der Waals surface area contributed by atoms with Gasteiger partial charge in [0.15, 0.2) is 0 Å². The van der Waals surface area contributed by atoms with E-state index in [1.165, 1.54) is 0 Å². The van der Waals surface area contributed by atoms with Crippen molar-refractivity contribution in [3.8, 4) is 0 Å². The molecule has 0 aliphatic rings. The molecule has 0 saturated heterocycles. The van der Waals surface area contributed by atoms with Crippen LogP contribution in [0.2, 0.25) is 0 Å². The second-order valence-corrected chi connectivity index (χ2v) is 1.42. The minimum Gasteiger partial charge on any atom is -0.378 e. The van der Waals surface area contributed by atoms with Crippen molar-refractivity contribution in [1.29, 1.82) is 0 Å². The van der Waals surface area contributed by atoms with Crippen molar-refractivity contribution >= 4 is 11.6 Å². The van der Waals surface area contributed by atoms with E-state index in [0.717, 1.165) is 0 Å². The molecule has 0 amide bonds. The summed E-state index contributed by atoms with van der Waals surface area (Å²) in [6.45, 7) is -0.551. The molecule has 0 aliphatic heterocycles. The van der Waals surface area contributed by atoms with Crippen LogP contribution in [0.3, 0.4) is 0 Å². The van der Waals surface area contributed by atoms with Crippen LogP contribution in [-0.4, -0.2) is 17.3 Å². The van der Waals surface area contributed by atoms with E-state index in [4.69, 9.17) is 16.7 Å². The van der Waals surface area contributed by atoms with E-state index in [1.54, 1.807) is 0 Å². The second-order valence-electron chi connectivity index (χ2n) is 0.912. The van der Waals surface area contributed by atoms with Gasteiger partial charge in [-0.2, -0.15) is 0 Å². The van der Waals surface area contributed by atoms with Crippen LogP contribution >= 0.6 is 11.6 Å². The van der Waals surface area contributed by atoms with Crippen LogP contribution in [-0.2, 0) is 0 Å². The van der Waals surface area contributed by atoms with Crippen LogP contribution in [0, 0.1) is 0 Å². The Kier molecular flexibility index (Phi) is 3.47. The van der Waals surface area contributed by atoms with Gasteiger partial charge in [0.25, 0.3) is 0 Å². The molecule has 0 aromatic heterocycles. The molecular weight excluding hydrogens is 106 g/mol. The van der Waals surface area contributed by atoms with Gasteiger partial charge in [0.05, 0.1) is 6.67 Å². The Morgan fingerprint density at radius 3 is 2.33 bits per heavy atom. The maximum Gasteiger partial charge on any atom is 0.130 e. The minimum atomic E-state index is -1.00. The molecule has 0 aliphatic carbocycles. The van der Waals surface area contributed by atoms with Gasteiger partial charge < -0.3 is 5.11 Å². The molecule has 0 aromatic carbocycles.